The number of aryl methyl sites for hydroxylation is 3. The quantitative estimate of drug-likeness (QED) is 0.909. The maximum atomic E-state index is 12.3. The van der Waals surface area contributed by atoms with Gasteiger partial charge in [-0.05, 0) is 50.5 Å². The predicted molar refractivity (Wildman–Crippen MR) is 80.4 cm³/mol. The van der Waals surface area contributed by atoms with Crippen LogP contribution in [-0.4, -0.2) is 17.6 Å². The van der Waals surface area contributed by atoms with Gasteiger partial charge in [-0.15, -0.1) is 0 Å². The number of hydrogen-bond donors (Lipinski definition) is 2. The van der Waals surface area contributed by atoms with E-state index in [4.69, 9.17) is 4.52 Å². The van der Waals surface area contributed by atoms with Crippen molar-refractivity contribution in [3.63, 3.8) is 0 Å². The summed E-state index contributed by atoms with van der Waals surface area (Å²) in [5, 5.41) is 10.2. The summed E-state index contributed by atoms with van der Waals surface area (Å²) in [6.45, 7) is 5.18. The zero-order valence-electron chi connectivity index (χ0n) is 12.3. The van der Waals surface area contributed by atoms with Crippen LogP contribution in [0.15, 0.2) is 22.7 Å². The summed E-state index contributed by atoms with van der Waals surface area (Å²) in [6, 6.07) is 5.82. The highest BCUT2D eigenvalue weighted by molar-refractivity contribution is 5.95. The number of benzene rings is 1. The largest absolute Gasteiger partial charge is 0.385 e. The number of nitrogens with one attached hydrogen (secondary N) is 2. The SMILES string of the molecule is Cc1noc(C)c1CNC(=O)c1ccc2c(c1)CCCN2. The Balaban J connectivity index is 1.71. The molecule has 0 fully saturated rings. The molecule has 0 radical (unpaired) electrons. The second kappa shape index (κ2) is 5.60. The van der Waals surface area contributed by atoms with Gasteiger partial charge >= 0.3 is 0 Å². The Morgan fingerprint density at radius 1 is 1.43 bits per heavy atom. The van der Waals surface area contributed by atoms with Crippen molar-refractivity contribution in [1.29, 1.82) is 0 Å². The second-order valence-electron chi connectivity index (χ2n) is 5.39. The van der Waals surface area contributed by atoms with E-state index in [2.05, 4.69) is 15.8 Å². The van der Waals surface area contributed by atoms with Crippen LogP contribution in [0.25, 0.3) is 0 Å². The van der Waals surface area contributed by atoms with Crippen LogP contribution in [0.3, 0.4) is 0 Å². The van der Waals surface area contributed by atoms with Crippen molar-refractivity contribution in [1.82, 2.24) is 10.5 Å². The molecule has 1 aliphatic heterocycles. The van der Waals surface area contributed by atoms with Gasteiger partial charge in [0.2, 0.25) is 0 Å². The maximum absolute atomic E-state index is 12.3. The molecule has 0 aliphatic carbocycles. The van der Waals surface area contributed by atoms with E-state index in [1.54, 1.807) is 0 Å². The molecule has 1 amide bonds. The molecule has 3 rings (SSSR count). The van der Waals surface area contributed by atoms with Gasteiger partial charge in [0.05, 0.1) is 5.69 Å². The monoisotopic (exact) mass is 285 g/mol. The number of aromatic nitrogens is 1. The van der Waals surface area contributed by atoms with E-state index < -0.39 is 0 Å². The molecule has 2 heterocycles. The number of anilines is 1. The lowest BCUT2D eigenvalue weighted by Crippen LogP contribution is -2.24. The smallest absolute Gasteiger partial charge is 0.251 e. The molecule has 110 valence electrons. The lowest BCUT2D eigenvalue weighted by molar-refractivity contribution is 0.0950. The fourth-order valence-corrected chi connectivity index (χ4v) is 2.64. The third-order valence-corrected chi connectivity index (χ3v) is 3.91. The first kappa shape index (κ1) is 13.7. The minimum Gasteiger partial charge on any atom is -0.385 e. The van der Waals surface area contributed by atoms with Crippen LogP contribution in [0.2, 0.25) is 0 Å². The van der Waals surface area contributed by atoms with Gasteiger partial charge < -0.3 is 15.2 Å². The zero-order chi connectivity index (χ0) is 14.8. The molecular formula is C16H19N3O2. The van der Waals surface area contributed by atoms with Crippen LogP contribution >= 0.6 is 0 Å². The molecule has 1 aromatic carbocycles. The summed E-state index contributed by atoms with van der Waals surface area (Å²) in [5.41, 5.74) is 4.82. The van der Waals surface area contributed by atoms with Gasteiger partial charge in [0.25, 0.3) is 5.91 Å². The van der Waals surface area contributed by atoms with Crippen molar-refractivity contribution in [2.75, 3.05) is 11.9 Å². The van der Waals surface area contributed by atoms with E-state index in [1.807, 2.05) is 32.0 Å². The van der Waals surface area contributed by atoms with Gasteiger partial charge in [0.1, 0.15) is 5.76 Å². The Morgan fingerprint density at radius 2 is 2.29 bits per heavy atom. The Morgan fingerprint density at radius 3 is 3.05 bits per heavy atom. The second-order valence-corrected chi connectivity index (χ2v) is 5.39. The molecule has 2 aromatic rings. The van der Waals surface area contributed by atoms with E-state index >= 15 is 0 Å². The maximum Gasteiger partial charge on any atom is 0.251 e. The van der Waals surface area contributed by atoms with Gasteiger partial charge in [-0.3, -0.25) is 4.79 Å². The minimum absolute atomic E-state index is 0.0663. The molecule has 0 saturated heterocycles. The highest BCUT2D eigenvalue weighted by atomic mass is 16.5. The van der Waals surface area contributed by atoms with E-state index in [9.17, 15) is 4.79 Å². The van der Waals surface area contributed by atoms with Crippen LogP contribution in [0.5, 0.6) is 0 Å². The summed E-state index contributed by atoms with van der Waals surface area (Å²) < 4.78 is 5.10. The van der Waals surface area contributed by atoms with Crippen LogP contribution in [0.1, 0.15) is 39.4 Å². The van der Waals surface area contributed by atoms with Gasteiger partial charge in [-0.2, -0.15) is 0 Å². The summed E-state index contributed by atoms with van der Waals surface area (Å²) in [5.74, 6) is 0.686. The first-order valence-corrected chi connectivity index (χ1v) is 7.22. The molecule has 21 heavy (non-hydrogen) atoms. The fraction of sp³-hybridized carbons (Fsp3) is 0.375. The number of fused-ring (bicyclic) bond motifs is 1. The predicted octanol–water partition coefficient (Wildman–Crippen LogP) is 2.58. The molecule has 0 saturated carbocycles. The zero-order valence-corrected chi connectivity index (χ0v) is 12.3. The summed E-state index contributed by atoms with van der Waals surface area (Å²) in [6.07, 6.45) is 2.13. The molecule has 1 aromatic heterocycles. The third-order valence-electron chi connectivity index (χ3n) is 3.91. The Bertz CT molecular complexity index is 657. The van der Waals surface area contributed by atoms with Gasteiger partial charge in [-0.25, -0.2) is 0 Å². The summed E-state index contributed by atoms with van der Waals surface area (Å²) in [7, 11) is 0. The molecule has 0 unspecified atom stereocenters. The highest BCUT2D eigenvalue weighted by Gasteiger charge is 2.14. The molecule has 0 bridgehead atoms. The lowest BCUT2D eigenvalue weighted by atomic mass is 10.0. The lowest BCUT2D eigenvalue weighted by Gasteiger charge is -2.18. The third kappa shape index (κ3) is 2.77. The van der Waals surface area contributed by atoms with Gasteiger partial charge in [0, 0.05) is 29.9 Å². The van der Waals surface area contributed by atoms with E-state index in [-0.39, 0.29) is 5.91 Å². The van der Waals surface area contributed by atoms with Crippen LogP contribution < -0.4 is 10.6 Å². The Labute approximate surface area is 123 Å². The van der Waals surface area contributed by atoms with Gasteiger partial charge in [0.15, 0.2) is 0 Å². The summed E-state index contributed by atoms with van der Waals surface area (Å²) >= 11 is 0. The van der Waals surface area contributed by atoms with Crippen LogP contribution in [-0.2, 0) is 13.0 Å². The molecule has 2 N–H and O–H groups in total. The molecular weight excluding hydrogens is 266 g/mol. The molecule has 0 spiro atoms. The average Bonchev–Trinajstić information content (AvgIpc) is 2.83. The normalized spacial score (nSPS) is 13.4. The van der Waals surface area contributed by atoms with Crippen molar-refractivity contribution in [3.8, 4) is 0 Å². The molecule has 0 atom stereocenters. The average molecular weight is 285 g/mol. The number of nitrogens with zero attached hydrogens (tertiary/aromatic N) is 1. The molecule has 5 heteroatoms. The van der Waals surface area contributed by atoms with Crippen LogP contribution in [0, 0.1) is 13.8 Å². The highest BCUT2D eigenvalue weighted by Crippen LogP contribution is 2.23. The van der Waals surface area contributed by atoms with Crippen molar-refractivity contribution in [2.45, 2.75) is 33.2 Å². The van der Waals surface area contributed by atoms with E-state index in [0.717, 1.165) is 42.1 Å². The molecule has 5 nitrogen and oxygen atoms in total. The Kier molecular flexibility index (Phi) is 3.64. The van der Waals surface area contributed by atoms with Crippen molar-refractivity contribution in [3.05, 3.63) is 46.3 Å². The van der Waals surface area contributed by atoms with Crippen molar-refractivity contribution in [2.24, 2.45) is 0 Å². The first-order valence-electron chi connectivity index (χ1n) is 7.22. The first-order chi connectivity index (χ1) is 10.1. The number of hydrogen-bond acceptors (Lipinski definition) is 4. The number of amides is 1. The minimum atomic E-state index is -0.0663. The topological polar surface area (TPSA) is 67.2 Å². The fourth-order valence-electron chi connectivity index (χ4n) is 2.64. The van der Waals surface area contributed by atoms with Crippen LogP contribution in [0.4, 0.5) is 5.69 Å². The van der Waals surface area contributed by atoms with Gasteiger partial charge in [-0.1, -0.05) is 5.16 Å². The Hall–Kier alpha value is -2.30. The summed E-state index contributed by atoms with van der Waals surface area (Å²) in [4.78, 5) is 12.3. The van der Waals surface area contributed by atoms with E-state index in [1.165, 1.54) is 5.56 Å². The van der Waals surface area contributed by atoms with Crippen molar-refractivity contribution < 1.29 is 9.32 Å². The number of carbonyl (C=O) groups excluding carboxylic acids is 1. The number of carbonyl (C=O) groups is 1. The number of rotatable bonds is 3. The molecule has 1 aliphatic rings. The van der Waals surface area contributed by atoms with E-state index in [0.29, 0.717) is 12.1 Å². The van der Waals surface area contributed by atoms with Crippen molar-refractivity contribution >= 4 is 11.6 Å². The standard InChI is InChI=1S/C16H19N3O2/c1-10-14(11(2)21-19-10)9-18-16(20)13-5-6-15-12(8-13)4-3-7-17-15/h5-6,8,17H,3-4,7,9H2,1-2H3,(H,18,20).